The van der Waals surface area contributed by atoms with Gasteiger partial charge in [-0.3, -0.25) is 0 Å². The summed E-state index contributed by atoms with van der Waals surface area (Å²) in [6, 6.07) is 8.84. The van der Waals surface area contributed by atoms with Crippen molar-refractivity contribution in [2.45, 2.75) is 6.54 Å². The quantitative estimate of drug-likeness (QED) is 0.872. The van der Waals surface area contributed by atoms with Crippen LogP contribution in [0.2, 0.25) is 0 Å². The third-order valence-corrected chi connectivity index (χ3v) is 3.71. The summed E-state index contributed by atoms with van der Waals surface area (Å²) in [6.45, 7) is 0.682. The van der Waals surface area contributed by atoms with Crippen molar-refractivity contribution in [1.29, 1.82) is 0 Å². The van der Waals surface area contributed by atoms with E-state index in [0.717, 1.165) is 0 Å². The molecule has 0 unspecified atom stereocenters. The number of nitrogens with zero attached hydrogens (tertiary/aromatic N) is 1. The highest BCUT2D eigenvalue weighted by Crippen LogP contribution is 2.22. The van der Waals surface area contributed by atoms with Crippen molar-refractivity contribution >= 4 is 34.2 Å². The van der Waals surface area contributed by atoms with Crippen LogP contribution in [0.15, 0.2) is 35.7 Å². The summed E-state index contributed by atoms with van der Waals surface area (Å²) in [6.07, 6.45) is 0. The van der Waals surface area contributed by atoms with Gasteiger partial charge in [0.15, 0.2) is 0 Å². The fourth-order valence-corrected chi connectivity index (χ4v) is 2.58. The smallest absolute Gasteiger partial charge is 0.147 e. The predicted octanol–water partition coefficient (Wildman–Crippen LogP) is 3.16. The number of hydrogen-bond acceptors (Lipinski definition) is 3. The fourth-order valence-electron chi connectivity index (χ4n) is 1.69. The topological polar surface area (TPSA) is 29.3 Å². The molecule has 0 aliphatic rings. The maximum absolute atomic E-state index is 13.9. The van der Waals surface area contributed by atoms with Gasteiger partial charge in [0, 0.05) is 17.5 Å². The largest absolute Gasteiger partial charge is 0.389 e. The van der Waals surface area contributed by atoms with E-state index in [1.807, 2.05) is 29.5 Å². The lowest BCUT2D eigenvalue weighted by molar-refractivity contribution is 0.622. The lowest BCUT2D eigenvalue weighted by Crippen LogP contribution is -2.18. The molecule has 2 aromatic rings. The van der Waals surface area contributed by atoms with Gasteiger partial charge < -0.3 is 10.6 Å². The van der Waals surface area contributed by atoms with Gasteiger partial charge >= 0.3 is 0 Å². The van der Waals surface area contributed by atoms with Gasteiger partial charge in [0.05, 0.1) is 12.2 Å². The highest BCUT2D eigenvalue weighted by molar-refractivity contribution is 7.80. The Bertz CT molecular complexity index is 552. The highest BCUT2D eigenvalue weighted by Gasteiger charge is 2.10. The summed E-state index contributed by atoms with van der Waals surface area (Å²) in [7, 11) is 1.86. The number of rotatable bonds is 4. The van der Waals surface area contributed by atoms with Crippen molar-refractivity contribution < 1.29 is 4.39 Å². The Kier molecular flexibility index (Phi) is 3.93. The summed E-state index contributed by atoms with van der Waals surface area (Å²) in [5.41, 5.74) is 6.57. The molecule has 5 heteroatoms. The summed E-state index contributed by atoms with van der Waals surface area (Å²) >= 11 is 6.48. The van der Waals surface area contributed by atoms with Crippen LogP contribution in [0, 0.1) is 5.82 Å². The molecule has 2 nitrogen and oxygen atoms in total. The van der Waals surface area contributed by atoms with Crippen LogP contribution in [-0.2, 0) is 6.54 Å². The van der Waals surface area contributed by atoms with E-state index in [4.69, 9.17) is 18.0 Å². The number of nitrogens with two attached hydrogens (primary N) is 1. The van der Waals surface area contributed by atoms with E-state index in [-0.39, 0.29) is 10.8 Å². The minimum atomic E-state index is -0.306. The Hall–Kier alpha value is -1.46. The van der Waals surface area contributed by atoms with Crippen LogP contribution < -0.4 is 10.6 Å². The molecule has 0 atom stereocenters. The number of anilines is 1. The standard InChI is InChI=1S/C13H13FN2S2/c1-16(8-10-3-2-6-18-10)12-5-4-9(13(15)17)7-11(12)14/h2-7H,8H2,1H3,(H2,15,17). The minimum Gasteiger partial charge on any atom is -0.389 e. The molecule has 1 aromatic heterocycles. The molecule has 0 radical (unpaired) electrons. The molecule has 0 aliphatic heterocycles. The lowest BCUT2D eigenvalue weighted by atomic mass is 10.2. The zero-order valence-electron chi connectivity index (χ0n) is 9.89. The van der Waals surface area contributed by atoms with Crippen LogP contribution in [0.3, 0.4) is 0 Å². The first kappa shape index (κ1) is 13.0. The van der Waals surface area contributed by atoms with E-state index in [0.29, 0.717) is 17.8 Å². The Balaban J connectivity index is 2.20. The Morgan fingerprint density at radius 2 is 2.22 bits per heavy atom. The van der Waals surface area contributed by atoms with Crippen molar-refractivity contribution in [1.82, 2.24) is 0 Å². The van der Waals surface area contributed by atoms with Gasteiger partial charge in [0.2, 0.25) is 0 Å². The average molecular weight is 280 g/mol. The molecule has 0 aliphatic carbocycles. The molecule has 94 valence electrons. The molecule has 0 fully saturated rings. The van der Waals surface area contributed by atoms with Crippen molar-refractivity contribution in [3.05, 3.63) is 52.0 Å². The van der Waals surface area contributed by atoms with Crippen LogP contribution in [0.5, 0.6) is 0 Å². The van der Waals surface area contributed by atoms with Crippen molar-refractivity contribution in [3.8, 4) is 0 Å². The van der Waals surface area contributed by atoms with Gasteiger partial charge in [-0.25, -0.2) is 4.39 Å². The van der Waals surface area contributed by atoms with E-state index in [1.54, 1.807) is 23.5 Å². The first-order valence-corrected chi connectivity index (χ1v) is 6.69. The van der Waals surface area contributed by atoms with Crippen LogP contribution in [0.25, 0.3) is 0 Å². The molecular formula is C13H13FN2S2. The maximum Gasteiger partial charge on any atom is 0.147 e. The molecule has 1 heterocycles. The van der Waals surface area contributed by atoms with E-state index < -0.39 is 0 Å². The second-order valence-electron chi connectivity index (χ2n) is 3.97. The molecule has 0 saturated heterocycles. The van der Waals surface area contributed by atoms with Crippen LogP contribution in [0.1, 0.15) is 10.4 Å². The molecule has 2 rings (SSSR count). The number of thiocarbonyl (C=S) groups is 1. The summed E-state index contributed by atoms with van der Waals surface area (Å²) < 4.78 is 13.9. The molecule has 0 saturated carbocycles. The van der Waals surface area contributed by atoms with Gasteiger partial charge in [0.1, 0.15) is 10.8 Å². The third-order valence-electron chi connectivity index (χ3n) is 2.62. The second-order valence-corrected chi connectivity index (χ2v) is 5.44. The van der Waals surface area contributed by atoms with E-state index in [9.17, 15) is 4.39 Å². The van der Waals surface area contributed by atoms with E-state index >= 15 is 0 Å². The number of hydrogen-bond donors (Lipinski definition) is 1. The first-order valence-electron chi connectivity index (χ1n) is 5.41. The van der Waals surface area contributed by atoms with Gasteiger partial charge in [0.25, 0.3) is 0 Å². The molecule has 1 aromatic carbocycles. The second kappa shape index (κ2) is 5.46. The van der Waals surface area contributed by atoms with Crippen LogP contribution >= 0.6 is 23.6 Å². The van der Waals surface area contributed by atoms with Crippen LogP contribution in [0.4, 0.5) is 10.1 Å². The van der Waals surface area contributed by atoms with Crippen LogP contribution in [-0.4, -0.2) is 12.0 Å². The number of halogens is 1. The molecule has 0 spiro atoms. The minimum absolute atomic E-state index is 0.210. The average Bonchev–Trinajstić information content (AvgIpc) is 2.81. The van der Waals surface area contributed by atoms with Gasteiger partial charge in [-0.2, -0.15) is 0 Å². The third kappa shape index (κ3) is 2.86. The molecule has 2 N–H and O–H groups in total. The predicted molar refractivity (Wildman–Crippen MR) is 78.7 cm³/mol. The first-order chi connectivity index (χ1) is 8.58. The zero-order chi connectivity index (χ0) is 13.1. The van der Waals surface area contributed by atoms with Crippen molar-refractivity contribution in [2.24, 2.45) is 5.73 Å². The fraction of sp³-hybridized carbons (Fsp3) is 0.154. The summed E-state index contributed by atoms with van der Waals surface area (Å²) in [5, 5.41) is 2.01. The summed E-state index contributed by atoms with van der Waals surface area (Å²) in [4.78, 5) is 3.27. The molecular weight excluding hydrogens is 267 g/mol. The van der Waals surface area contributed by atoms with E-state index in [1.165, 1.54) is 10.9 Å². The Morgan fingerprint density at radius 3 is 2.78 bits per heavy atom. The monoisotopic (exact) mass is 280 g/mol. The van der Waals surface area contributed by atoms with E-state index in [2.05, 4.69) is 0 Å². The highest BCUT2D eigenvalue weighted by atomic mass is 32.1. The molecule has 18 heavy (non-hydrogen) atoms. The van der Waals surface area contributed by atoms with Gasteiger partial charge in [-0.1, -0.05) is 18.3 Å². The zero-order valence-corrected chi connectivity index (χ0v) is 11.5. The van der Waals surface area contributed by atoms with Crippen molar-refractivity contribution in [3.63, 3.8) is 0 Å². The normalized spacial score (nSPS) is 10.3. The Labute approximate surface area is 115 Å². The molecule has 0 amide bonds. The maximum atomic E-state index is 13.9. The van der Waals surface area contributed by atoms with Gasteiger partial charge in [-0.15, -0.1) is 11.3 Å². The summed E-state index contributed by atoms with van der Waals surface area (Å²) in [5.74, 6) is -0.306. The van der Waals surface area contributed by atoms with Gasteiger partial charge in [-0.05, 0) is 29.6 Å². The SMILES string of the molecule is CN(Cc1cccs1)c1ccc(C(N)=S)cc1F. The van der Waals surface area contributed by atoms with Crippen molar-refractivity contribution in [2.75, 3.05) is 11.9 Å². The number of benzene rings is 1. The number of thiophene rings is 1. The molecule has 0 bridgehead atoms. The Morgan fingerprint density at radius 1 is 1.44 bits per heavy atom. The lowest BCUT2D eigenvalue weighted by Gasteiger charge is -2.19.